The molecule has 0 spiro atoms. The first kappa shape index (κ1) is 34.1. The Hall–Kier alpha value is -6.32. The number of hydrogen-bond acceptors (Lipinski definition) is 6. The minimum absolute atomic E-state index is 0.00568. The average Bonchev–Trinajstić information content (AvgIpc) is 3.85. The Bertz CT molecular complexity index is 2230. The molecule has 0 saturated carbocycles. The number of fused-ring (bicyclic) bond motifs is 1. The second-order valence-corrected chi connectivity index (χ2v) is 13.2. The lowest BCUT2D eigenvalue weighted by atomic mass is 10.1. The smallest absolute Gasteiger partial charge is 0.272 e. The Kier molecular flexibility index (Phi) is 10.3. The number of ether oxygens (including phenoxy) is 1. The number of benzene rings is 5. The molecule has 8 nitrogen and oxygen atoms in total. The molecule has 1 unspecified atom stereocenters. The van der Waals surface area contributed by atoms with Gasteiger partial charge in [-0.3, -0.25) is 14.4 Å². The Morgan fingerprint density at radius 2 is 1.48 bits per heavy atom. The van der Waals surface area contributed by atoms with Crippen molar-refractivity contribution in [3.63, 3.8) is 0 Å². The van der Waals surface area contributed by atoms with Gasteiger partial charge in [0.15, 0.2) is 0 Å². The molecule has 0 aliphatic carbocycles. The van der Waals surface area contributed by atoms with Crippen LogP contribution in [-0.2, 0) is 16.0 Å². The second-order valence-electron chi connectivity index (χ2n) is 12.0. The summed E-state index contributed by atoms with van der Waals surface area (Å²) in [6.45, 7) is 0.642. The summed E-state index contributed by atoms with van der Waals surface area (Å²) in [5.74, 6) is 0.600. The van der Waals surface area contributed by atoms with E-state index in [1.54, 1.807) is 55.6 Å². The number of hydrogen-bond donors (Lipinski definition) is 2. The van der Waals surface area contributed by atoms with Crippen molar-refractivity contribution in [3.8, 4) is 17.1 Å². The summed E-state index contributed by atoms with van der Waals surface area (Å²) in [6, 6.07) is 44.7. The summed E-state index contributed by atoms with van der Waals surface area (Å²) < 4.78 is 11.6. The van der Waals surface area contributed by atoms with E-state index in [9.17, 15) is 14.4 Å². The Morgan fingerprint density at radius 1 is 0.788 bits per heavy atom. The second kappa shape index (κ2) is 15.7. The summed E-state index contributed by atoms with van der Waals surface area (Å²) in [7, 11) is 1.59. The molecule has 1 aromatic heterocycles. The molecule has 0 radical (unpaired) electrons. The monoisotopic (exact) mass is 705 g/mol. The van der Waals surface area contributed by atoms with Gasteiger partial charge < -0.3 is 24.7 Å². The molecule has 1 atom stereocenters. The lowest BCUT2D eigenvalue weighted by Crippen LogP contribution is -2.32. The average molecular weight is 706 g/mol. The third kappa shape index (κ3) is 7.70. The van der Waals surface area contributed by atoms with Gasteiger partial charge in [0, 0.05) is 34.5 Å². The van der Waals surface area contributed by atoms with Gasteiger partial charge >= 0.3 is 0 Å². The first-order chi connectivity index (χ1) is 25.5. The topological polar surface area (TPSA) is 101 Å². The van der Waals surface area contributed by atoms with Crippen molar-refractivity contribution >= 4 is 46.9 Å². The summed E-state index contributed by atoms with van der Waals surface area (Å²) in [4.78, 5) is 43.7. The number of furan rings is 1. The fourth-order valence-electron chi connectivity index (χ4n) is 6.06. The molecule has 7 rings (SSSR count). The van der Waals surface area contributed by atoms with Crippen molar-refractivity contribution in [2.24, 2.45) is 0 Å². The molecule has 258 valence electrons. The fraction of sp³-hybridized carbons (Fsp3) is 0.0930. The van der Waals surface area contributed by atoms with E-state index in [1.165, 1.54) is 23.4 Å². The highest BCUT2D eigenvalue weighted by molar-refractivity contribution is 8.00. The molecule has 3 amide bonds. The number of rotatable bonds is 11. The van der Waals surface area contributed by atoms with Gasteiger partial charge in [-0.15, -0.1) is 11.8 Å². The zero-order valence-corrected chi connectivity index (χ0v) is 29.1. The molecule has 0 bridgehead atoms. The lowest BCUT2D eigenvalue weighted by Gasteiger charge is -2.24. The van der Waals surface area contributed by atoms with Gasteiger partial charge in [-0.2, -0.15) is 0 Å². The quantitative estimate of drug-likeness (QED) is 0.103. The number of nitrogens with one attached hydrogen (secondary N) is 2. The molecule has 2 N–H and O–H groups in total. The van der Waals surface area contributed by atoms with Crippen molar-refractivity contribution in [3.05, 3.63) is 174 Å². The van der Waals surface area contributed by atoms with Gasteiger partial charge in [-0.25, -0.2) is 0 Å². The third-order valence-electron chi connectivity index (χ3n) is 8.66. The van der Waals surface area contributed by atoms with E-state index < -0.39 is 17.1 Å². The van der Waals surface area contributed by atoms with Crippen LogP contribution in [0.5, 0.6) is 5.75 Å². The van der Waals surface area contributed by atoms with Crippen molar-refractivity contribution in [1.29, 1.82) is 0 Å². The number of amides is 3. The standard InChI is InChI=1S/C43H35N3O5S/c1-50-38-19-11-9-17-35(38)39-25-22-33(51-39)28-36(45-41(47)31-15-6-3-7-16-31)42(48)44-32-20-23-34(24-21-32)52-40(30-13-4-2-5-14-30)43(49)46-27-26-29-12-8-10-18-37(29)46/h2-25,28,40H,26-27H2,1H3,(H,44,48)(H,45,47)/b36-28+. The van der Waals surface area contributed by atoms with E-state index in [1.807, 2.05) is 95.9 Å². The van der Waals surface area contributed by atoms with E-state index in [4.69, 9.17) is 9.15 Å². The van der Waals surface area contributed by atoms with Crippen LogP contribution in [0.15, 0.2) is 161 Å². The van der Waals surface area contributed by atoms with E-state index in [0.717, 1.165) is 28.1 Å². The van der Waals surface area contributed by atoms with Gasteiger partial charge in [0.05, 0.1) is 12.7 Å². The van der Waals surface area contributed by atoms with Crippen molar-refractivity contribution in [2.75, 3.05) is 23.9 Å². The number of para-hydroxylation sites is 2. The molecule has 2 heterocycles. The van der Waals surface area contributed by atoms with E-state index in [2.05, 4.69) is 16.7 Å². The Labute approximate surface area is 306 Å². The van der Waals surface area contributed by atoms with Crippen LogP contribution in [0.3, 0.4) is 0 Å². The normalized spacial score (nSPS) is 12.9. The predicted molar refractivity (Wildman–Crippen MR) is 205 cm³/mol. The van der Waals surface area contributed by atoms with Gasteiger partial charge in [0.25, 0.3) is 11.8 Å². The van der Waals surface area contributed by atoms with Crippen LogP contribution in [0.2, 0.25) is 0 Å². The molecular formula is C43H35N3O5S. The Balaban J connectivity index is 1.11. The first-order valence-electron chi connectivity index (χ1n) is 16.8. The number of carbonyl (C=O) groups is 3. The molecule has 52 heavy (non-hydrogen) atoms. The zero-order valence-electron chi connectivity index (χ0n) is 28.3. The van der Waals surface area contributed by atoms with Crippen LogP contribution in [0.4, 0.5) is 11.4 Å². The highest BCUT2D eigenvalue weighted by atomic mass is 32.2. The van der Waals surface area contributed by atoms with Crippen LogP contribution in [0.25, 0.3) is 17.4 Å². The zero-order chi connectivity index (χ0) is 35.9. The molecule has 0 saturated heterocycles. The molecule has 1 aliphatic rings. The third-order valence-corrected chi connectivity index (χ3v) is 9.91. The lowest BCUT2D eigenvalue weighted by molar-refractivity contribution is -0.118. The summed E-state index contributed by atoms with van der Waals surface area (Å²) >= 11 is 1.46. The van der Waals surface area contributed by atoms with E-state index >= 15 is 0 Å². The molecule has 1 aliphatic heterocycles. The van der Waals surface area contributed by atoms with Gasteiger partial charge in [0.1, 0.15) is 28.2 Å². The number of nitrogens with zero attached hydrogens (tertiary/aromatic N) is 1. The van der Waals surface area contributed by atoms with Crippen molar-refractivity contribution in [2.45, 2.75) is 16.6 Å². The van der Waals surface area contributed by atoms with Crippen LogP contribution < -0.4 is 20.3 Å². The van der Waals surface area contributed by atoms with Crippen LogP contribution in [-0.4, -0.2) is 31.4 Å². The van der Waals surface area contributed by atoms with Crippen LogP contribution in [0, 0.1) is 0 Å². The maximum Gasteiger partial charge on any atom is 0.272 e. The van der Waals surface area contributed by atoms with Crippen molar-refractivity contribution < 1.29 is 23.5 Å². The predicted octanol–water partition coefficient (Wildman–Crippen LogP) is 8.79. The van der Waals surface area contributed by atoms with Crippen LogP contribution >= 0.6 is 11.8 Å². The largest absolute Gasteiger partial charge is 0.496 e. The van der Waals surface area contributed by atoms with Gasteiger partial charge in [0.2, 0.25) is 5.91 Å². The summed E-state index contributed by atoms with van der Waals surface area (Å²) in [6.07, 6.45) is 2.32. The molecule has 5 aromatic carbocycles. The SMILES string of the molecule is COc1ccccc1-c1ccc(/C=C(/NC(=O)c2ccccc2)C(=O)Nc2ccc(SC(C(=O)N3CCc4ccccc43)c3ccccc3)cc2)o1. The molecule has 6 aromatic rings. The highest BCUT2D eigenvalue weighted by Gasteiger charge is 2.32. The van der Waals surface area contributed by atoms with Gasteiger partial charge in [-0.1, -0.05) is 78.9 Å². The maximum absolute atomic E-state index is 14.0. The molecule has 0 fully saturated rings. The minimum Gasteiger partial charge on any atom is -0.496 e. The van der Waals surface area contributed by atoms with Gasteiger partial charge in [-0.05, 0) is 84.3 Å². The summed E-state index contributed by atoms with van der Waals surface area (Å²) in [5, 5.41) is 5.19. The van der Waals surface area contributed by atoms with E-state index in [0.29, 0.717) is 35.1 Å². The fourth-order valence-corrected chi connectivity index (χ4v) is 7.14. The molecule has 9 heteroatoms. The van der Waals surface area contributed by atoms with E-state index in [-0.39, 0.29) is 11.6 Å². The minimum atomic E-state index is -0.537. The first-order valence-corrected chi connectivity index (χ1v) is 17.7. The molecular weight excluding hydrogens is 671 g/mol. The maximum atomic E-state index is 14.0. The number of methoxy groups -OCH3 is 1. The highest BCUT2D eigenvalue weighted by Crippen LogP contribution is 2.40. The Morgan fingerprint density at radius 3 is 2.25 bits per heavy atom. The number of anilines is 2. The summed E-state index contributed by atoms with van der Waals surface area (Å²) in [5.41, 5.74) is 4.70. The number of carbonyl (C=O) groups excluding carboxylic acids is 3. The number of thioether (sulfide) groups is 1. The van der Waals surface area contributed by atoms with Crippen molar-refractivity contribution in [1.82, 2.24) is 5.32 Å². The van der Waals surface area contributed by atoms with Crippen LogP contribution in [0.1, 0.15) is 32.5 Å².